The number of nitrogens with zero attached hydrogens (tertiary/aromatic N) is 4. The van der Waals surface area contributed by atoms with E-state index in [-0.39, 0.29) is 0 Å². The van der Waals surface area contributed by atoms with Gasteiger partial charge in [0.05, 0.1) is 0 Å². The molecule has 5 heteroatoms. The van der Waals surface area contributed by atoms with Gasteiger partial charge in [0.25, 0.3) is 0 Å². The van der Waals surface area contributed by atoms with Crippen molar-refractivity contribution in [1.82, 2.24) is 25.1 Å². The monoisotopic (exact) mass is 285 g/mol. The average Bonchev–Trinajstić information content (AvgIpc) is 2.92. The van der Waals surface area contributed by atoms with Crippen LogP contribution in [0.15, 0.2) is 24.5 Å². The van der Waals surface area contributed by atoms with Crippen LogP contribution in [0.4, 0.5) is 0 Å². The van der Waals surface area contributed by atoms with Gasteiger partial charge in [0.15, 0.2) is 0 Å². The van der Waals surface area contributed by atoms with E-state index in [0.717, 1.165) is 37.7 Å². The minimum absolute atomic E-state index is 0.438. The molecule has 0 amide bonds. The molecule has 0 spiro atoms. The third kappa shape index (κ3) is 3.29. The average molecular weight is 285 g/mol. The Morgan fingerprint density at radius 3 is 3.05 bits per heavy atom. The zero-order valence-electron chi connectivity index (χ0n) is 12.8. The Balaban J connectivity index is 1.55. The predicted molar refractivity (Wildman–Crippen MR) is 81.9 cm³/mol. The zero-order chi connectivity index (χ0) is 14.7. The summed E-state index contributed by atoms with van der Waals surface area (Å²) in [5, 5.41) is 12.2. The molecule has 1 N–H and O–H groups in total. The topological polar surface area (TPSA) is 55.6 Å². The number of nitrogens with one attached hydrogen (secondary N) is 1. The van der Waals surface area contributed by atoms with Gasteiger partial charge in [-0.3, -0.25) is 4.98 Å². The summed E-state index contributed by atoms with van der Waals surface area (Å²) in [5.41, 5.74) is 1.24. The Kier molecular flexibility index (Phi) is 4.29. The highest BCUT2D eigenvalue weighted by molar-refractivity contribution is 5.08. The summed E-state index contributed by atoms with van der Waals surface area (Å²) in [7, 11) is 0. The van der Waals surface area contributed by atoms with Crippen molar-refractivity contribution >= 4 is 0 Å². The number of hydrogen-bond donors (Lipinski definition) is 1. The molecule has 112 valence electrons. The Labute approximate surface area is 125 Å². The van der Waals surface area contributed by atoms with Gasteiger partial charge in [-0.2, -0.15) is 0 Å². The molecule has 1 atom stereocenters. The fourth-order valence-corrected chi connectivity index (χ4v) is 2.93. The van der Waals surface area contributed by atoms with Crippen LogP contribution in [0.25, 0.3) is 0 Å². The molecule has 1 aliphatic rings. The van der Waals surface area contributed by atoms with Crippen LogP contribution in [0.5, 0.6) is 0 Å². The van der Waals surface area contributed by atoms with Crippen molar-refractivity contribution in [3.05, 3.63) is 41.7 Å². The van der Waals surface area contributed by atoms with E-state index in [4.69, 9.17) is 0 Å². The molecule has 2 aromatic heterocycles. The molecule has 5 nitrogen and oxygen atoms in total. The molecule has 2 aromatic rings. The Bertz CT molecular complexity index is 576. The number of fused-ring (bicyclic) bond motifs is 1. The summed E-state index contributed by atoms with van der Waals surface area (Å²) in [6, 6.07) is 4.09. The van der Waals surface area contributed by atoms with E-state index in [1.807, 2.05) is 18.5 Å². The molecule has 0 fully saturated rings. The second-order valence-electron chi connectivity index (χ2n) is 6.14. The van der Waals surface area contributed by atoms with Crippen molar-refractivity contribution in [2.24, 2.45) is 5.92 Å². The van der Waals surface area contributed by atoms with Crippen molar-refractivity contribution in [2.45, 2.75) is 45.7 Å². The van der Waals surface area contributed by atoms with Gasteiger partial charge in [-0.25, -0.2) is 0 Å². The largest absolute Gasteiger partial charge is 0.314 e. The van der Waals surface area contributed by atoms with Gasteiger partial charge >= 0.3 is 0 Å². The highest BCUT2D eigenvalue weighted by Crippen LogP contribution is 2.23. The highest BCUT2D eigenvalue weighted by atomic mass is 15.3. The molecule has 1 aliphatic heterocycles. The normalized spacial score (nSPS) is 18.0. The molecule has 21 heavy (non-hydrogen) atoms. The molecular weight excluding hydrogens is 262 g/mol. The second-order valence-corrected chi connectivity index (χ2v) is 6.14. The fourth-order valence-electron chi connectivity index (χ4n) is 2.93. The van der Waals surface area contributed by atoms with Crippen LogP contribution in [0.2, 0.25) is 0 Å². The van der Waals surface area contributed by atoms with Crippen LogP contribution >= 0.6 is 0 Å². The molecule has 3 rings (SSSR count). The first-order chi connectivity index (χ1) is 10.2. The predicted octanol–water partition coefficient (Wildman–Crippen LogP) is 2.15. The molecule has 1 unspecified atom stereocenters. The summed E-state index contributed by atoms with van der Waals surface area (Å²) in [5.74, 6) is 3.38. The van der Waals surface area contributed by atoms with Gasteiger partial charge in [-0.15, -0.1) is 10.2 Å². The van der Waals surface area contributed by atoms with Gasteiger partial charge in [0.2, 0.25) is 0 Å². The third-order valence-electron chi connectivity index (χ3n) is 4.07. The number of pyridine rings is 1. The number of hydrogen-bond acceptors (Lipinski definition) is 4. The lowest BCUT2D eigenvalue weighted by molar-refractivity contribution is 0.340. The standard InChI is InChI=1S/C16H23N5/c1-12(2)16-20-19-15-6-5-14(11-21(15)16)10-18-9-13-4-3-7-17-8-13/h3-4,7-8,12,14,18H,5-6,9-11H2,1-2H3. The van der Waals surface area contributed by atoms with Crippen molar-refractivity contribution in [3.63, 3.8) is 0 Å². The lowest BCUT2D eigenvalue weighted by Gasteiger charge is -2.25. The fraction of sp³-hybridized carbons (Fsp3) is 0.562. The third-order valence-corrected chi connectivity index (χ3v) is 4.07. The first kappa shape index (κ1) is 14.2. The summed E-state index contributed by atoms with van der Waals surface area (Å²) in [6.07, 6.45) is 5.96. The molecule has 0 aliphatic carbocycles. The van der Waals surface area contributed by atoms with Crippen LogP contribution in [-0.2, 0) is 19.5 Å². The van der Waals surface area contributed by atoms with E-state index in [1.54, 1.807) is 0 Å². The summed E-state index contributed by atoms with van der Waals surface area (Å²) < 4.78 is 2.32. The zero-order valence-corrected chi connectivity index (χ0v) is 12.8. The van der Waals surface area contributed by atoms with Crippen LogP contribution < -0.4 is 5.32 Å². The van der Waals surface area contributed by atoms with E-state index >= 15 is 0 Å². The van der Waals surface area contributed by atoms with Crippen LogP contribution in [0.1, 0.15) is 43.4 Å². The van der Waals surface area contributed by atoms with Crippen molar-refractivity contribution in [3.8, 4) is 0 Å². The molecule has 0 saturated heterocycles. The van der Waals surface area contributed by atoms with Crippen LogP contribution in [0.3, 0.4) is 0 Å². The summed E-state index contributed by atoms with van der Waals surface area (Å²) in [6.45, 7) is 7.32. The number of aromatic nitrogens is 4. The molecular formula is C16H23N5. The van der Waals surface area contributed by atoms with Crippen molar-refractivity contribution < 1.29 is 0 Å². The Hall–Kier alpha value is -1.75. The molecule has 0 aromatic carbocycles. The first-order valence-corrected chi connectivity index (χ1v) is 7.75. The van der Waals surface area contributed by atoms with Gasteiger partial charge in [0.1, 0.15) is 11.6 Å². The quantitative estimate of drug-likeness (QED) is 0.914. The summed E-state index contributed by atoms with van der Waals surface area (Å²) in [4.78, 5) is 4.14. The van der Waals surface area contributed by atoms with E-state index in [2.05, 4.69) is 45.0 Å². The van der Waals surface area contributed by atoms with Crippen molar-refractivity contribution in [2.75, 3.05) is 6.54 Å². The van der Waals surface area contributed by atoms with E-state index in [1.165, 1.54) is 12.0 Å². The maximum Gasteiger partial charge on any atom is 0.135 e. The minimum Gasteiger partial charge on any atom is -0.314 e. The minimum atomic E-state index is 0.438. The highest BCUT2D eigenvalue weighted by Gasteiger charge is 2.23. The smallest absolute Gasteiger partial charge is 0.135 e. The lowest BCUT2D eigenvalue weighted by Crippen LogP contribution is -2.30. The van der Waals surface area contributed by atoms with Gasteiger partial charge in [-0.05, 0) is 30.5 Å². The van der Waals surface area contributed by atoms with Crippen LogP contribution in [-0.4, -0.2) is 26.3 Å². The van der Waals surface area contributed by atoms with Gasteiger partial charge in [0, 0.05) is 37.8 Å². The van der Waals surface area contributed by atoms with Gasteiger partial charge < -0.3 is 9.88 Å². The second kappa shape index (κ2) is 6.35. The molecule has 0 bridgehead atoms. The van der Waals surface area contributed by atoms with E-state index in [9.17, 15) is 0 Å². The Morgan fingerprint density at radius 2 is 2.29 bits per heavy atom. The number of aryl methyl sites for hydroxylation is 1. The van der Waals surface area contributed by atoms with E-state index < -0.39 is 0 Å². The first-order valence-electron chi connectivity index (χ1n) is 7.75. The lowest BCUT2D eigenvalue weighted by atomic mass is 9.98. The molecule has 0 saturated carbocycles. The molecule has 3 heterocycles. The van der Waals surface area contributed by atoms with Crippen LogP contribution in [0, 0.1) is 5.92 Å². The van der Waals surface area contributed by atoms with Gasteiger partial charge in [-0.1, -0.05) is 19.9 Å². The van der Waals surface area contributed by atoms with Crippen molar-refractivity contribution in [1.29, 1.82) is 0 Å². The molecule has 0 radical (unpaired) electrons. The summed E-state index contributed by atoms with van der Waals surface area (Å²) >= 11 is 0. The SMILES string of the molecule is CC(C)c1nnc2n1CC(CNCc1cccnc1)CC2. The number of rotatable bonds is 5. The Morgan fingerprint density at radius 1 is 1.38 bits per heavy atom. The maximum atomic E-state index is 4.34. The van der Waals surface area contributed by atoms with E-state index in [0.29, 0.717) is 11.8 Å². The maximum absolute atomic E-state index is 4.34.